The monoisotopic (exact) mass is 181 g/mol. The van der Waals surface area contributed by atoms with Gasteiger partial charge in [0.25, 0.3) is 0 Å². The molecule has 0 bridgehead atoms. The molecule has 72 valence electrons. The van der Waals surface area contributed by atoms with Gasteiger partial charge in [-0.2, -0.15) is 0 Å². The molecule has 0 aliphatic rings. The van der Waals surface area contributed by atoms with E-state index in [4.69, 9.17) is 10.5 Å². The summed E-state index contributed by atoms with van der Waals surface area (Å²) in [5.74, 6) is 0.521. The van der Waals surface area contributed by atoms with Crippen LogP contribution in [0.2, 0.25) is 0 Å². The molecule has 0 aliphatic carbocycles. The second kappa shape index (κ2) is 4.18. The quantitative estimate of drug-likeness (QED) is 0.752. The summed E-state index contributed by atoms with van der Waals surface area (Å²) >= 11 is 0. The first-order valence-electron chi connectivity index (χ1n) is 4.32. The Bertz CT molecular complexity index is 248. The first-order valence-corrected chi connectivity index (χ1v) is 4.32. The van der Waals surface area contributed by atoms with Gasteiger partial charge in [0.2, 0.25) is 5.88 Å². The first-order chi connectivity index (χ1) is 6.14. The van der Waals surface area contributed by atoms with Crippen molar-refractivity contribution in [2.24, 2.45) is 5.73 Å². The third kappa shape index (κ3) is 3.38. The average Bonchev–Trinajstić information content (AvgIpc) is 2.17. The van der Waals surface area contributed by atoms with Gasteiger partial charge in [0.1, 0.15) is 6.61 Å². The predicted molar refractivity (Wildman–Crippen MR) is 50.4 cm³/mol. The lowest BCUT2D eigenvalue weighted by molar-refractivity contribution is 0.218. The number of nitrogens with zero attached hydrogens (tertiary/aromatic N) is 2. The fourth-order valence-electron chi connectivity index (χ4n) is 0.701. The van der Waals surface area contributed by atoms with E-state index in [9.17, 15) is 0 Å². The van der Waals surface area contributed by atoms with Crippen molar-refractivity contribution in [1.82, 2.24) is 9.97 Å². The Labute approximate surface area is 78.1 Å². The zero-order valence-corrected chi connectivity index (χ0v) is 8.03. The van der Waals surface area contributed by atoms with Crippen molar-refractivity contribution in [2.75, 3.05) is 6.61 Å². The number of nitrogens with two attached hydrogens (primary N) is 1. The minimum absolute atomic E-state index is 0.294. The number of aromatic nitrogens is 2. The van der Waals surface area contributed by atoms with Crippen LogP contribution in [0.5, 0.6) is 5.88 Å². The highest BCUT2D eigenvalue weighted by Crippen LogP contribution is 2.08. The van der Waals surface area contributed by atoms with E-state index in [0.717, 1.165) is 6.42 Å². The van der Waals surface area contributed by atoms with E-state index in [0.29, 0.717) is 12.5 Å². The smallest absolute Gasteiger partial charge is 0.232 e. The van der Waals surface area contributed by atoms with Crippen LogP contribution < -0.4 is 10.5 Å². The van der Waals surface area contributed by atoms with Crippen molar-refractivity contribution < 1.29 is 4.74 Å². The van der Waals surface area contributed by atoms with E-state index >= 15 is 0 Å². The van der Waals surface area contributed by atoms with Gasteiger partial charge in [0, 0.05) is 17.9 Å². The van der Waals surface area contributed by atoms with Crippen LogP contribution in [0.25, 0.3) is 0 Å². The zero-order valence-electron chi connectivity index (χ0n) is 8.03. The van der Waals surface area contributed by atoms with Crippen molar-refractivity contribution in [1.29, 1.82) is 0 Å². The molecule has 0 fully saturated rings. The van der Waals surface area contributed by atoms with Gasteiger partial charge < -0.3 is 10.5 Å². The molecular weight excluding hydrogens is 166 g/mol. The summed E-state index contributed by atoms with van der Waals surface area (Å²) in [6.45, 7) is 4.44. The second-order valence-electron chi connectivity index (χ2n) is 3.34. The lowest BCUT2D eigenvalue weighted by Gasteiger charge is -2.21. The highest BCUT2D eigenvalue weighted by Gasteiger charge is 2.16. The van der Waals surface area contributed by atoms with Crippen LogP contribution in [0.1, 0.15) is 20.3 Å². The van der Waals surface area contributed by atoms with Gasteiger partial charge >= 0.3 is 0 Å². The van der Waals surface area contributed by atoms with Crippen LogP contribution in [0.3, 0.4) is 0 Å². The summed E-state index contributed by atoms with van der Waals surface area (Å²) in [7, 11) is 0. The minimum atomic E-state index is -0.294. The first kappa shape index (κ1) is 9.92. The fourth-order valence-corrected chi connectivity index (χ4v) is 0.701. The molecule has 1 rings (SSSR count). The Morgan fingerprint density at radius 2 is 2.31 bits per heavy atom. The number of hydrogen-bond donors (Lipinski definition) is 1. The average molecular weight is 181 g/mol. The van der Waals surface area contributed by atoms with Crippen LogP contribution in [0, 0.1) is 0 Å². The molecule has 1 aromatic heterocycles. The molecule has 0 aromatic carbocycles. The van der Waals surface area contributed by atoms with Gasteiger partial charge in [-0.25, -0.2) is 4.98 Å². The molecule has 2 N–H and O–H groups in total. The molecule has 0 saturated carbocycles. The van der Waals surface area contributed by atoms with Crippen LogP contribution in [0.15, 0.2) is 18.6 Å². The molecule has 0 spiro atoms. The maximum atomic E-state index is 5.89. The van der Waals surface area contributed by atoms with E-state index < -0.39 is 0 Å². The summed E-state index contributed by atoms with van der Waals surface area (Å²) in [5.41, 5.74) is 5.60. The predicted octanol–water partition coefficient (Wildman–Crippen LogP) is 0.983. The molecule has 13 heavy (non-hydrogen) atoms. The van der Waals surface area contributed by atoms with Crippen molar-refractivity contribution >= 4 is 0 Å². The van der Waals surface area contributed by atoms with Gasteiger partial charge in [0.15, 0.2) is 0 Å². The molecule has 0 saturated heterocycles. The van der Waals surface area contributed by atoms with Gasteiger partial charge in [0.05, 0.1) is 6.20 Å². The van der Waals surface area contributed by atoms with Gasteiger partial charge in [-0.3, -0.25) is 4.98 Å². The highest BCUT2D eigenvalue weighted by molar-refractivity contribution is 5.01. The maximum absolute atomic E-state index is 5.89. The normalized spacial score (nSPS) is 15.0. The maximum Gasteiger partial charge on any atom is 0.232 e. The van der Waals surface area contributed by atoms with E-state index in [2.05, 4.69) is 9.97 Å². The third-order valence-electron chi connectivity index (χ3n) is 1.90. The fraction of sp³-hybridized carbons (Fsp3) is 0.556. The highest BCUT2D eigenvalue weighted by atomic mass is 16.5. The zero-order chi connectivity index (χ0) is 9.73. The second-order valence-corrected chi connectivity index (χ2v) is 3.34. The van der Waals surface area contributed by atoms with E-state index in [1.807, 2.05) is 13.8 Å². The van der Waals surface area contributed by atoms with Crippen molar-refractivity contribution in [3.05, 3.63) is 18.6 Å². The molecule has 1 atom stereocenters. The Kier molecular flexibility index (Phi) is 3.19. The Hall–Kier alpha value is -1.16. The van der Waals surface area contributed by atoms with E-state index in [-0.39, 0.29) is 5.54 Å². The SMILES string of the molecule is CCC(C)(N)COc1cnccn1. The molecule has 4 nitrogen and oxygen atoms in total. The summed E-state index contributed by atoms with van der Waals surface area (Å²) in [5, 5.41) is 0. The van der Waals surface area contributed by atoms with Crippen molar-refractivity contribution in [3.63, 3.8) is 0 Å². The van der Waals surface area contributed by atoms with Crippen molar-refractivity contribution in [2.45, 2.75) is 25.8 Å². The summed E-state index contributed by atoms with van der Waals surface area (Å²) in [6, 6.07) is 0. The molecule has 0 aliphatic heterocycles. The Morgan fingerprint density at radius 3 is 2.85 bits per heavy atom. The largest absolute Gasteiger partial charge is 0.475 e. The van der Waals surface area contributed by atoms with Crippen LogP contribution in [0.4, 0.5) is 0 Å². The molecule has 0 amide bonds. The number of ether oxygens (including phenoxy) is 1. The summed E-state index contributed by atoms with van der Waals surface area (Å²) in [6.07, 6.45) is 5.64. The van der Waals surface area contributed by atoms with Crippen molar-refractivity contribution in [3.8, 4) is 5.88 Å². The molecule has 1 aromatic rings. The van der Waals surface area contributed by atoms with Crippen LogP contribution >= 0.6 is 0 Å². The lowest BCUT2D eigenvalue weighted by atomic mass is 10.0. The van der Waals surface area contributed by atoms with Crippen LogP contribution in [-0.2, 0) is 0 Å². The Morgan fingerprint density at radius 1 is 1.54 bits per heavy atom. The molecule has 4 heteroatoms. The Balaban J connectivity index is 2.44. The standard InChI is InChI=1S/C9H15N3O/c1-3-9(2,10)7-13-8-6-11-4-5-12-8/h4-6H,3,7,10H2,1-2H3. The topological polar surface area (TPSA) is 61.0 Å². The molecule has 1 heterocycles. The molecule has 0 radical (unpaired) electrons. The number of hydrogen-bond acceptors (Lipinski definition) is 4. The van der Waals surface area contributed by atoms with Gasteiger partial charge in [-0.05, 0) is 13.3 Å². The molecular formula is C9H15N3O. The van der Waals surface area contributed by atoms with Crippen LogP contribution in [-0.4, -0.2) is 22.1 Å². The minimum Gasteiger partial charge on any atom is -0.475 e. The van der Waals surface area contributed by atoms with Gasteiger partial charge in [-0.1, -0.05) is 6.92 Å². The molecule has 1 unspecified atom stereocenters. The lowest BCUT2D eigenvalue weighted by Crippen LogP contribution is -2.41. The van der Waals surface area contributed by atoms with E-state index in [1.54, 1.807) is 18.6 Å². The number of rotatable bonds is 4. The summed E-state index contributed by atoms with van der Waals surface area (Å²) < 4.78 is 5.36. The van der Waals surface area contributed by atoms with Gasteiger partial charge in [-0.15, -0.1) is 0 Å². The van der Waals surface area contributed by atoms with E-state index in [1.165, 1.54) is 0 Å². The third-order valence-corrected chi connectivity index (χ3v) is 1.90. The summed E-state index contributed by atoms with van der Waals surface area (Å²) in [4.78, 5) is 7.86.